The minimum Gasteiger partial charge on any atom is -0.115 e. The molecular formula is C14H18. The zero-order valence-electron chi connectivity index (χ0n) is 9.46. The molecule has 0 bridgehead atoms. The van der Waals surface area contributed by atoms with Crippen LogP contribution in [0.15, 0.2) is 18.2 Å². The molecule has 1 aromatic carbocycles. The molecule has 0 aliphatic carbocycles. The third kappa shape index (κ3) is 1.99. The van der Waals surface area contributed by atoms with Gasteiger partial charge >= 0.3 is 0 Å². The van der Waals surface area contributed by atoms with Crippen LogP contribution in [0.1, 0.15) is 56.2 Å². The summed E-state index contributed by atoms with van der Waals surface area (Å²) in [6.07, 6.45) is 5.58. The fourth-order valence-corrected chi connectivity index (χ4v) is 1.72. The highest BCUT2D eigenvalue weighted by Gasteiger charge is 2.10. The van der Waals surface area contributed by atoms with Crippen LogP contribution in [-0.2, 0) is 0 Å². The molecule has 0 saturated heterocycles. The highest BCUT2D eigenvalue weighted by molar-refractivity contribution is 5.48. The average Bonchev–Trinajstić information content (AvgIpc) is 2.16. The van der Waals surface area contributed by atoms with E-state index in [9.17, 15) is 0 Å². The fourth-order valence-electron chi connectivity index (χ4n) is 1.72. The molecule has 0 spiro atoms. The monoisotopic (exact) mass is 186 g/mol. The Bertz CT molecular complexity index is 325. The van der Waals surface area contributed by atoms with Crippen molar-refractivity contribution in [2.24, 2.45) is 0 Å². The minimum absolute atomic E-state index is 0.500. The van der Waals surface area contributed by atoms with E-state index in [0.29, 0.717) is 11.8 Å². The van der Waals surface area contributed by atoms with Crippen molar-refractivity contribution >= 4 is 0 Å². The summed E-state index contributed by atoms with van der Waals surface area (Å²) in [7, 11) is 0. The third-order valence-electron chi connectivity index (χ3n) is 2.52. The molecule has 1 aromatic rings. The highest BCUT2D eigenvalue weighted by atomic mass is 14.1. The van der Waals surface area contributed by atoms with Gasteiger partial charge in [0.15, 0.2) is 0 Å². The molecule has 0 aliphatic rings. The van der Waals surface area contributed by atoms with Gasteiger partial charge in [-0.3, -0.25) is 0 Å². The Balaban J connectivity index is 3.34. The first-order valence-corrected chi connectivity index (χ1v) is 5.17. The Morgan fingerprint density at radius 1 is 1.00 bits per heavy atom. The first-order valence-electron chi connectivity index (χ1n) is 5.17. The van der Waals surface area contributed by atoms with Crippen molar-refractivity contribution in [3.8, 4) is 12.3 Å². The topological polar surface area (TPSA) is 0 Å². The van der Waals surface area contributed by atoms with E-state index in [0.717, 1.165) is 5.56 Å². The lowest BCUT2D eigenvalue weighted by Gasteiger charge is -2.15. The maximum atomic E-state index is 5.58. The van der Waals surface area contributed by atoms with Crippen LogP contribution in [0, 0.1) is 12.3 Å². The van der Waals surface area contributed by atoms with Gasteiger partial charge in [-0.25, -0.2) is 0 Å². The molecule has 0 aromatic heterocycles. The number of hydrogen-bond donors (Lipinski definition) is 0. The van der Waals surface area contributed by atoms with E-state index >= 15 is 0 Å². The number of rotatable bonds is 2. The van der Waals surface area contributed by atoms with Crippen LogP contribution >= 0.6 is 0 Å². The van der Waals surface area contributed by atoms with Crippen LogP contribution in [0.25, 0.3) is 0 Å². The number of hydrogen-bond acceptors (Lipinski definition) is 0. The normalized spacial score (nSPS) is 10.6. The maximum absolute atomic E-state index is 5.58. The molecule has 0 radical (unpaired) electrons. The third-order valence-corrected chi connectivity index (χ3v) is 2.52. The first-order chi connectivity index (χ1) is 6.57. The van der Waals surface area contributed by atoms with Gasteiger partial charge < -0.3 is 0 Å². The van der Waals surface area contributed by atoms with Crippen molar-refractivity contribution < 1.29 is 0 Å². The Kier molecular flexibility index (Phi) is 3.36. The molecule has 0 unspecified atom stereocenters. The molecule has 14 heavy (non-hydrogen) atoms. The zero-order chi connectivity index (χ0) is 10.7. The van der Waals surface area contributed by atoms with E-state index in [1.165, 1.54) is 11.1 Å². The van der Waals surface area contributed by atoms with E-state index < -0.39 is 0 Å². The lowest BCUT2D eigenvalue weighted by molar-refractivity contribution is 0.828. The summed E-state index contributed by atoms with van der Waals surface area (Å²) in [5.74, 6) is 3.83. The van der Waals surface area contributed by atoms with Gasteiger partial charge in [-0.15, -0.1) is 6.42 Å². The Hall–Kier alpha value is -1.22. The summed E-state index contributed by atoms with van der Waals surface area (Å²) < 4.78 is 0. The van der Waals surface area contributed by atoms with Crippen LogP contribution in [0.3, 0.4) is 0 Å². The standard InChI is InChI=1S/C14H18/c1-6-12-13(10(2)3)8-7-9-14(12)11(4)5/h1,7-11H,2-5H3. The van der Waals surface area contributed by atoms with Crippen molar-refractivity contribution in [2.75, 3.05) is 0 Å². The smallest absolute Gasteiger partial charge is 0.0311 e. The van der Waals surface area contributed by atoms with Crippen LogP contribution in [0.4, 0.5) is 0 Å². The summed E-state index contributed by atoms with van der Waals surface area (Å²) in [5, 5.41) is 0. The van der Waals surface area contributed by atoms with E-state index in [2.05, 4.69) is 51.8 Å². The summed E-state index contributed by atoms with van der Waals surface area (Å²) in [6, 6.07) is 6.36. The molecule has 74 valence electrons. The molecule has 0 fully saturated rings. The predicted octanol–water partition coefficient (Wildman–Crippen LogP) is 3.91. The van der Waals surface area contributed by atoms with E-state index in [1.807, 2.05) is 0 Å². The SMILES string of the molecule is C#Cc1c(C(C)C)cccc1C(C)C. The van der Waals surface area contributed by atoms with E-state index in [-0.39, 0.29) is 0 Å². The van der Waals surface area contributed by atoms with Gasteiger partial charge in [0.25, 0.3) is 0 Å². The van der Waals surface area contributed by atoms with Gasteiger partial charge in [0.05, 0.1) is 0 Å². The highest BCUT2D eigenvalue weighted by Crippen LogP contribution is 2.26. The number of benzene rings is 1. The summed E-state index contributed by atoms with van der Waals surface area (Å²) in [5.41, 5.74) is 3.68. The average molecular weight is 186 g/mol. The predicted molar refractivity (Wildman–Crippen MR) is 62.6 cm³/mol. The van der Waals surface area contributed by atoms with Crippen LogP contribution < -0.4 is 0 Å². The molecule has 0 aliphatic heterocycles. The van der Waals surface area contributed by atoms with Crippen LogP contribution in [0.2, 0.25) is 0 Å². The Morgan fingerprint density at radius 3 is 1.71 bits per heavy atom. The van der Waals surface area contributed by atoms with Gasteiger partial charge in [-0.05, 0) is 23.0 Å². The van der Waals surface area contributed by atoms with Crippen molar-refractivity contribution in [1.82, 2.24) is 0 Å². The zero-order valence-corrected chi connectivity index (χ0v) is 9.46. The Labute approximate surface area is 87.4 Å². The molecule has 0 N–H and O–H groups in total. The van der Waals surface area contributed by atoms with Crippen molar-refractivity contribution in [3.05, 3.63) is 34.9 Å². The van der Waals surface area contributed by atoms with Gasteiger partial charge in [0, 0.05) is 5.56 Å². The maximum Gasteiger partial charge on any atom is 0.0311 e. The second-order valence-corrected chi connectivity index (χ2v) is 4.27. The second kappa shape index (κ2) is 4.33. The lowest BCUT2D eigenvalue weighted by atomic mass is 9.89. The molecule has 0 amide bonds. The van der Waals surface area contributed by atoms with E-state index in [4.69, 9.17) is 6.42 Å². The van der Waals surface area contributed by atoms with Gasteiger partial charge in [0.2, 0.25) is 0 Å². The quantitative estimate of drug-likeness (QED) is 0.614. The summed E-state index contributed by atoms with van der Waals surface area (Å²) in [6.45, 7) is 8.72. The largest absolute Gasteiger partial charge is 0.115 e. The summed E-state index contributed by atoms with van der Waals surface area (Å²) >= 11 is 0. The van der Waals surface area contributed by atoms with Crippen molar-refractivity contribution in [1.29, 1.82) is 0 Å². The molecule has 0 nitrogen and oxygen atoms in total. The molecule has 0 heteroatoms. The second-order valence-electron chi connectivity index (χ2n) is 4.27. The van der Waals surface area contributed by atoms with Crippen LogP contribution in [0.5, 0.6) is 0 Å². The molecular weight excluding hydrogens is 168 g/mol. The van der Waals surface area contributed by atoms with Gasteiger partial charge in [0.1, 0.15) is 0 Å². The molecule has 0 saturated carbocycles. The fraction of sp³-hybridized carbons (Fsp3) is 0.429. The van der Waals surface area contributed by atoms with Crippen LogP contribution in [-0.4, -0.2) is 0 Å². The van der Waals surface area contributed by atoms with Gasteiger partial charge in [-0.2, -0.15) is 0 Å². The molecule has 1 rings (SSSR count). The number of terminal acetylenes is 1. The van der Waals surface area contributed by atoms with Gasteiger partial charge in [-0.1, -0.05) is 51.8 Å². The minimum atomic E-state index is 0.500. The van der Waals surface area contributed by atoms with Crippen molar-refractivity contribution in [3.63, 3.8) is 0 Å². The molecule has 0 atom stereocenters. The molecule has 0 heterocycles. The van der Waals surface area contributed by atoms with E-state index in [1.54, 1.807) is 0 Å². The summed E-state index contributed by atoms with van der Waals surface area (Å²) in [4.78, 5) is 0. The first kappa shape index (κ1) is 10.9. The van der Waals surface area contributed by atoms with Crippen molar-refractivity contribution in [2.45, 2.75) is 39.5 Å². The Morgan fingerprint density at radius 2 is 1.43 bits per heavy atom. The lowest BCUT2D eigenvalue weighted by Crippen LogP contribution is -1.99.